The summed E-state index contributed by atoms with van der Waals surface area (Å²) in [5, 5.41) is 3.42. The number of likely N-dealkylation sites (tertiary alicyclic amines) is 1. The van der Waals surface area contributed by atoms with E-state index in [4.69, 9.17) is 15.1 Å². The van der Waals surface area contributed by atoms with Gasteiger partial charge >= 0.3 is 0 Å². The Labute approximate surface area is 185 Å². The Morgan fingerprint density at radius 2 is 2.06 bits per heavy atom. The molecule has 3 N–H and O–H groups in total. The van der Waals surface area contributed by atoms with Crippen LogP contribution in [0.1, 0.15) is 43.1 Å². The second-order valence-corrected chi connectivity index (χ2v) is 8.32. The number of nitrogens with two attached hydrogens (primary N) is 1. The lowest BCUT2D eigenvalue weighted by atomic mass is 9.95. The van der Waals surface area contributed by atoms with Gasteiger partial charge in [0.25, 0.3) is 0 Å². The number of nitrogens with one attached hydrogen (secondary N) is 1. The Hall–Kier alpha value is -2.80. The molecule has 1 aliphatic heterocycles. The van der Waals surface area contributed by atoms with Crippen molar-refractivity contribution in [3.63, 3.8) is 0 Å². The van der Waals surface area contributed by atoms with Crippen molar-refractivity contribution in [2.75, 3.05) is 26.7 Å². The normalized spacial score (nSPS) is 17.2. The number of hydrogen-bond acceptors (Lipinski definition) is 4. The number of furan rings is 1. The van der Waals surface area contributed by atoms with Crippen molar-refractivity contribution in [1.29, 1.82) is 0 Å². The molecule has 1 saturated heterocycles. The smallest absolute Gasteiger partial charge is 0.217 e. The summed E-state index contributed by atoms with van der Waals surface area (Å²) in [5.74, 6) is 1.96. The van der Waals surface area contributed by atoms with Gasteiger partial charge in [-0.15, -0.1) is 0 Å². The van der Waals surface area contributed by atoms with Gasteiger partial charge in [-0.1, -0.05) is 24.3 Å². The zero-order chi connectivity index (χ0) is 22.1. The molecule has 31 heavy (non-hydrogen) atoms. The van der Waals surface area contributed by atoms with E-state index >= 15 is 0 Å². The van der Waals surface area contributed by atoms with E-state index in [1.807, 2.05) is 12.1 Å². The molecule has 3 rings (SSSR count). The Bertz CT molecular complexity index is 849. The van der Waals surface area contributed by atoms with E-state index in [2.05, 4.69) is 53.4 Å². The Morgan fingerprint density at radius 3 is 2.77 bits per heavy atom. The third kappa shape index (κ3) is 7.14. The fourth-order valence-electron chi connectivity index (χ4n) is 4.18. The van der Waals surface area contributed by atoms with E-state index in [-0.39, 0.29) is 5.91 Å². The lowest BCUT2D eigenvalue weighted by molar-refractivity contribution is -0.119. The minimum atomic E-state index is -0.221. The summed E-state index contributed by atoms with van der Waals surface area (Å²) in [7, 11) is 2.10. The van der Waals surface area contributed by atoms with E-state index in [0.29, 0.717) is 18.9 Å². The van der Waals surface area contributed by atoms with Crippen LogP contribution in [0.2, 0.25) is 0 Å². The molecular formula is C24H35N5O2. The summed E-state index contributed by atoms with van der Waals surface area (Å²) in [6, 6.07) is 12.4. The van der Waals surface area contributed by atoms with Crippen LogP contribution in [0, 0.1) is 5.92 Å². The summed E-state index contributed by atoms with van der Waals surface area (Å²) in [6.45, 7) is 6.87. The highest BCUT2D eigenvalue weighted by molar-refractivity contribution is 5.80. The van der Waals surface area contributed by atoms with Crippen LogP contribution in [0.4, 0.5) is 0 Å². The van der Waals surface area contributed by atoms with Gasteiger partial charge in [-0.2, -0.15) is 0 Å². The zero-order valence-corrected chi connectivity index (χ0v) is 18.7. The van der Waals surface area contributed by atoms with Crippen LogP contribution in [0.15, 0.2) is 52.1 Å². The summed E-state index contributed by atoms with van der Waals surface area (Å²) >= 11 is 0. The number of hydrogen-bond donors (Lipinski definition) is 2. The maximum absolute atomic E-state index is 11.4. The van der Waals surface area contributed by atoms with Crippen LogP contribution >= 0.6 is 0 Å². The highest BCUT2D eigenvalue weighted by Gasteiger charge is 2.23. The van der Waals surface area contributed by atoms with Crippen molar-refractivity contribution in [3.8, 4) is 0 Å². The van der Waals surface area contributed by atoms with Gasteiger partial charge in [0.05, 0.1) is 19.4 Å². The predicted octanol–water partition coefficient (Wildman–Crippen LogP) is 2.96. The van der Waals surface area contributed by atoms with E-state index in [0.717, 1.165) is 57.3 Å². The number of nitrogens with zero attached hydrogens (tertiary/aromatic N) is 3. The van der Waals surface area contributed by atoms with Crippen LogP contribution in [0.25, 0.3) is 0 Å². The molecule has 0 bridgehead atoms. The Kier molecular flexibility index (Phi) is 8.53. The van der Waals surface area contributed by atoms with Crippen molar-refractivity contribution < 1.29 is 9.21 Å². The molecule has 0 aliphatic carbocycles. The predicted molar refractivity (Wildman–Crippen MR) is 123 cm³/mol. The van der Waals surface area contributed by atoms with Crippen LogP contribution in [-0.4, -0.2) is 48.3 Å². The van der Waals surface area contributed by atoms with Crippen molar-refractivity contribution in [1.82, 2.24) is 15.1 Å². The largest absolute Gasteiger partial charge is 0.468 e. The van der Waals surface area contributed by atoms with E-state index in [1.54, 1.807) is 6.26 Å². The van der Waals surface area contributed by atoms with Crippen LogP contribution in [0.5, 0.6) is 0 Å². The Morgan fingerprint density at radius 1 is 1.26 bits per heavy atom. The second-order valence-electron chi connectivity index (χ2n) is 8.32. The first-order chi connectivity index (χ1) is 15.0. The molecule has 1 unspecified atom stereocenters. The molecule has 1 aromatic carbocycles. The molecule has 1 amide bonds. The first-order valence-corrected chi connectivity index (χ1v) is 11.1. The number of rotatable bonds is 9. The minimum Gasteiger partial charge on any atom is -0.468 e. The quantitative estimate of drug-likeness (QED) is 0.476. The number of guanidine groups is 1. The van der Waals surface area contributed by atoms with Gasteiger partial charge in [0, 0.05) is 32.6 Å². The Balaban J connectivity index is 1.67. The van der Waals surface area contributed by atoms with Gasteiger partial charge < -0.3 is 20.4 Å². The molecule has 7 nitrogen and oxygen atoms in total. The maximum Gasteiger partial charge on any atom is 0.217 e. The lowest BCUT2D eigenvalue weighted by Gasteiger charge is -2.34. The summed E-state index contributed by atoms with van der Waals surface area (Å²) in [6.07, 6.45) is 4.25. The number of amides is 1. The lowest BCUT2D eigenvalue weighted by Crippen LogP contribution is -2.47. The minimum absolute atomic E-state index is 0.221. The van der Waals surface area contributed by atoms with E-state index in [1.165, 1.54) is 11.1 Å². The highest BCUT2D eigenvalue weighted by atomic mass is 16.3. The third-order valence-electron chi connectivity index (χ3n) is 5.61. The van der Waals surface area contributed by atoms with Gasteiger partial charge in [0.2, 0.25) is 5.91 Å². The van der Waals surface area contributed by atoms with Crippen molar-refractivity contribution in [2.45, 2.75) is 45.8 Å². The number of carbonyl (C=O) groups is 1. The molecule has 0 spiro atoms. The standard InChI is InChI=1S/C24H35N5O2/c1-3-26-24(29-12-6-8-19(16-29)14-23(25)30)27-15-20-9-4-5-10-21(20)17-28(2)18-22-11-7-13-31-22/h4-5,7,9-11,13,19H,3,6,8,12,14-18H2,1-2H3,(H2,25,30)(H,26,27). The summed E-state index contributed by atoms with van der Waals surface area (Å²) in [5.41, 5.74) is 7.91. The molecule has 168 valence electrons. The van der Waals surface area contributed by atoms with E-state index < -0.39 is 0 Å². The summed E-state index contributed by atoms with van der Waals surface area (Å²) in [4.78, 5) is 20.8. The molecule has 2 heterocycles. The molecule has 1 aliphatic rings. The number of benzene rings is 1. The van der Waals surface area contributed by atoms with Crippen LogP contribution in [-0.2, 0) is 24.4 Å². The van der Waals surface area contributed by atoms with Gasteiger partial charge in [-0.05, 0) is 56.0 Å². The zero-order valence-electron chi connectivity index (χ0n) is 18.7. The topological polar surface area (TPSA) is 87.1 Å². The molecule has 0 saturated carbocycles. The van der Waals surface area contributed by atoms with Crippen LogP contribution < -0.4 is 11.1 Å². The number of carbonyl (C=O) groups excluding carboxylic acids is 1. The van der Waals surface area contributed by atoms with E-state index in [9.17, 15) is 4.79 Å². The second kappa shape index (κ2) is 11.6. The molecule has 1 fully saturated rings. The first-order valence-electron chi connectivity index (χ1n) is 11.1. The third-order valence-corrected chi connectivity index (χ3v) is 5.61. The molecule has 0 radical (unpaired) electrons. The van der Waals surface area contributed by atoms with Crippen molar-refractivity contribution >= 4 is 11.9 Å². The first kappa shape index (κ1) is 22.9. The number of primary amides is 1. The van der Waals surface area contributed by atoms with Crippen LogP contribution in [0.3, 0.4) is 0 Å². The molecule has 1 aromatic heterocycles. The number of piperidine rings is 1. The van der Waals surface area contributed by atoms with Gasteiger partial charge in [0.15, 0.2) is 5.96 Å². The molecule has 1 atom stereocenters. The highest BCUT2D eigenvalue weighted by Crippen LogP contribution is 2.20. The number of aliphatic imine (C=N–C) groups is 1. The van der Waals surface area contributed by atoms with Crippen molar-refractivity contribution in [2.24, 2.45) is 16.6 Å². The summed E-state index contributed by atoms with van der Waals surface area (Å²) < 4.78 is 5.47. The van der Waals surface area contributed by atoms with Gasteiger partial charge in [-0.25, -0.2) is 4.99 Å². The fraction of sp³-hybridized carbons (Fsp3) is 0.500. The fourth-order valence-corrected chi connectivity index (χ4v) is 4.18. The average molecular weight is 426 g/mol. The maximum atomic E-state index is 11.4. The molecule has 7 heteroatoms. The molecule has 2 aromatic rings. The SMILES string of the molecule is CCNC(=NCc1ccccc1CN(C)Cc1ccco1)N1CCCC(CC(N)=O)C1. The molecular weight excluding hydrogens is 390 g/mol. The van der Waals surface area contributed by atoms with Crippen molar-refractivity contribution in [3.05, 3.63) is 59.5 Å². The van der Waals surface area contributed by atoms with Gasteiger partial charge in [0.1, 0.15) is 5.76 Å². The average Bonchev–Trinajstić information content (AvgIpc) is 3.24. The van der Waals surface area contributed by atoms with Gasteiger partial charge in [-0.3, -0.25) is 9.69 Å². The monoisotopic (exact) mass is 425 g/mol.